The molecular weight excluding hydrogens is 326 g/mol. The first kappa shape index (κ1) is 17.5. The smallest absolute Gasteiger partial charge is 0.237 e. The van der Waals surface area contributed by atoms with Gasteiger partial charge in [-0.05, 0) is 38.2 Å². The minimum Gasteiger partial charge on any atom is -0.352 e. The summed E-state index contributed by atoms with van der Waals surface area (Å²) >= 11 is 0. The lowest BCUT2D eigenvalue weighted by Gasteiger charge is -2.46. The molecule has 2 amide bonds. The van der Waals surface area contributed by atoms with Crippen molar-refractivity contribution >= 4 is 11.8 Å². The Labute approximate surface area is 155 Å². The highest BCUT2D eigenvalue weighted by Gasteiger charge is 2.48. The van der Waals surface area contributed by atoms with E-state index in [1.165, 1.54) is 0 Å². The van der Waals surface area contributed by atoms with Crippen LogP contribution in [0.5, 0.6) is 0 Å². The van der Waals surface area contributed by atoms with Crippen LogP contribution in [0.15, 0.2) is 30.3 Å². The molecule has 0 aromatic heterocycles. The van der Waals surface area contributed by atoms with Crippen LogP contribution in [0.25, 0.3) is 0 Å². The molecule has 1 saturated heterocycles. The van der Waals surface area contributed by atoms with E-state index in [-0.39, 0.29) is 23.3 Å². The van der Waals surface area contributed by atoms with Gasteiger partial charge in [0.1, 0.15) is 0 Å². The fourth-order valence-corrected chi connectivity index (χ4v) is 4.24. The number of piperazine rings is 1. The second kappa shape index (κ2) is 7.03. The van der Waals surface area contributed by atoms with Crippen LogP contribution in [0.2, 0.25) is 0 Å². The predicted molar refractivity (Wildman–Crippen MR) is 101 cm³/mol. The quantitative estimate of drug-likeness (QED) is 0.878. The van der Waals surface area contributed by atoms with Crippen LogP contribution in [0, 0.1) is 0 Å². The summed E-state index contributed by atoms with van der Waals surface area (Å²) in [6.07, 6.45) is 5.26. The Bertz CT molecular complexity index is 659. The van der Waals surface area contributed by atoms with E-state index in [4.69, 9.17) is 0 Å². The van der Waals surface area contributed by atoms with Crippen LogP contribution >= 0.6 is 0 Å². The molecule has 5 nitrogen and oxygen atoms in total. The zero-order chi connectivity index (χ0) is 18.1. The molecule has 1 aromatic carbocycles. The third kappa shape index (κ3) is 3.25. The van der Waals surface area contributed by atoms with Crippen LogP contribution in [-0.2, 0) is 15.0 Å². The van der Waals surface area contributed by atoms with Crippen molar-refractivity contribution in [2.75, 3.05) is 26.2 Å². The first-order valence-electron chi connectivity index (χ1n) is 9.99. The van der Waals surface area contributed by atoms with E-state index in [0.717, 1.165) is 50.8 Å². The molecule has 0 radical (unpaired) electrons. The molecule has 140 valence electrons. The SMILES string of the molecule is CC(C(=O)NC1CC1)N1CCN(C(=O)C2(c3ccccc3)CCC2)CC1. The Morgan fingerprint density at radius 2 is 1.73 bits per heavy atom. The van der Waals surface area contributed by atoms with Crippen LogP contribution in [0.1, 0.15) is 44.6 Å². The maximum atomic E-state index is 13.3. The second-order valence-electron chi connectivity index (χ2n) is 8.09. The Kier molecular flexibility index (Phi) is 4.74. The van der Waals surface area contributed by atoms with Gasteiger partial charge in [0.15, 0.2) is 0 Å². The first-order chi connectivity index (χ1) is 12.6. The number of nitrogens with one attached hydrogen (secondary N) is 1. The van der Waals surface area contributed by atoms with Gasteiger partial charge in [-0.25, -0.2) is 0 Å². The summed E-state index contributed by atoms with van der Waals surface area (Å²) in [6.45, 7) is 4.96. The Morgan fingerprint density at radius 3 is 2.27 bits per heavy atom. The summed E-state index contributed by atoms with van der Waals surface area (Å²) in [5, 5.41) is 3.09. The molecule has 1 heterocycles. The van der Waals surface area contributed by atoms with Gasteiger partial charge in [0.25, 0.3) is 0 Å². The fraction of sp³-hybridized carbons (Fsp3) is 0.619. The first-order valence-corrected chi connectivity index (χ1v) is 9.99. The molecule has 0 bridgehead atoms. The van der Waals surface area contributed by atoms with Gasteiger partial charge in [-0.15, -0.1) is 0 Å². The molecule has 1 aromatic rings. The van der Waals surface area contributed by atoms with E-state index >= 15 is 0 Å². The zero-order valence-corrected chi connectivity index (χ0v) is 15.6. The van der Waals surface area contributed by atoms with Crippen molar-refractivity contribution in [1.82, 2.24) is 15.1 Å². The molecule has 26 heavy (non-hydrogen) atoms. The van der Waals surface area contributed by atoms with Gasteiger partial charge in [-0.3, -0.25) is 14.5 Å². The van der Waals surface area contributed by atoms with Gasteiger partial charge in [-0.1, -0.05) is 36.8 Å². The molecule has 2 aliphatic carbocycles. The van der Waals surface area contributed by atoms with Crippen molar-refractivity contribution in [3.63, 3.8) is 0 Å². The Hall–Kier alpha value is -1.88. The van der Waals surface area contributed by atoms with Crippen LogP contribution in [-0.4, -0.2) is 59.9 Å². The normalized spacial score (nSPS) is 23.8. The maximum Gasteiger partial charge on any atom is 0.237 e. The van der Waals surface area contributed by atoms with Gasteiger partial charge in [0.05, 0.1) is 11.5 Å². The minimum absolute atomic E-state index is 0.111. The number of carbonyl (C=O) groups is 2. The van der Waals surface area contributed by atoms with Crippen molar-refractivity contribution in [2.24, 2.45) is 0 Å². The molecule has 1 unspecified atom stereocenters. The van der Waals surface area contributed by atoms with Gasteiger partial charge >= 0.3 is 0 Å². The third-order valence-corrected chi connectivity index (χ3v) is 6.40. The fourth-order valence-electron chi connectivity index (χ4n) is 4.24. The summed E-state index contributed by atoms with van der Waals surface area (Å²) in [6, 6.07) is 10.5. The molecule has 0 spiro atoms. The van der Waals surface area contributed by atoms with Gasteiger partial charge in [0, 0.05) is 32.2 Å². The summed E-state index contributed by atoms with van der Waals surface area (Å²) in [5.74, 6) is 0.414. The third-order valence-electron chi connectivity index (χ3n) is 6.40. The molecule has 1 aliphatic heterocycles. The highest BCUT2D eigenvalue weighted by molar-refractivity contribution is 5.89. The van der Waals surface area contributed by atoms with E-state index in [9.17, 15) is 9.59 Å². The topological polar surface area (TPSA) is 52.7 Å². The van der Waals surface area contributed by atoms with Crippen LogP contribution < -0.4 is 5.32 Å². The van der Waals surface area contributed by atoms with Gasteiger partial charge in [-0.2, -0.15) is 0 Å². The number of hydrogen-bond acceptors (Lipinski definition) is 3. The van der Waals surface area contributed by atoms with E-state index in [1.54, 1.807) is 0 Å². The molecule has 3 aliphatic rings. The van der Waals surface area contributed by atoms with Gasteiger partial charge < -0.3 is 10.2 Å². The highest BCUT2D eigenvalue weighted by Crippen LogP contribution is 2.45. The second-order valence-corrected chi connectivity index (χ2v) is 8.09. The average molecular weight is 355 g/mol. The van der Waals surface area contributed by atoms with Crippen molar-refractivity contribution < 1.29 is 9.59 Å². The molecule has 4 rings (SSSR count). The van der Waals surface area contributed by atoms with Crippen molar-refractivity contribution in [3.05, 3.63) is 35.9 Å². The lowest BCUT2D eigenvalue weighted by Crippen LogP contribution is -2.59. The maximum absolute atomic E-state index is 13.3. The Balaban J connectivity index is 1.36. The number of carbonyl (C=O) groups excluding carboxylic acids is 2. The summed E-state index contributed by atoms with van der Waals surface area (Å²) in [7, 11) is 0. The number of rotatable bonds is 5. The predicted octanol–water partition coefficient (Wildman–Crippen LogP) is 1.92. The number of hydrogen-bond donors (Lipinski definition) is 1. The van der Waals surface area contributed by atoms with Crippen LogP contribution in [0.3, 0.4) is 0 Å². The molecule has 1 N–H and O–H groups in total. The summed E-state index contributed by atoms with van der Waals surface area (Å²) in [5.41, 5.74) is 0.856. The number of nitrogens with zero attached hydrogens (tertiary/aromatic N) is 2. The number of amides is 2. The van der Waals surface area contributed by atoms with E-state index in [2.05, 4.69) is 22.3 Å². The molecule has 1 atom stereocenters. The van der Waals surface area contributed by atoms with E-state index in [1.807, 2.05) is 30.0 Å². The molecule has 3 fully saturated rings. The Morgan fingerprint density at radius 1 is 1.08 bits per heavy atom. The number of benzene rings is 1. The summed E-state index contributed by atoms with van der Waals surface area (Å²) < 4.78 is 0. The molecule has 2 saturated carbocycles. The monoisotopic (exact) mass is 355 g/mol. The van der Waals surface area contributed by atoms with E-state index < -0.39 is 0 Å². The van der Waals surface area contributed by atoms with Crippen molar-refractivity contribution in [3.8, 4) is 0 Å². The summed E-state index contributed by atoms with van der Waals surface area (Å²) in [4.78, 5) is 29.8. The van der Waals surface area contributed by atoms with E-state index in [0.29, 0.717) is 19.1 Å². The largest absolute Gasteiger partial charge is 0.352 e. The molecular formula is C21H29N3O2. The van der Waals surface area contributed by atoms with Crippen LogP contribution in [0.4, 0.5) is 0 Å². The highest BCUT2D eigenvalue weighted by atomic mass is 16.2. The van der Waals surface area contributed by atoms with Crippen molar-refractivity contribution in [2.45, 2.75) is 56.5 Å². The molecule has 5 heteroatoms. The zero-order valence-electron chi connectivity index (χ0n) is 15.6. The lowest BCUT2D eigenvalue weighted by atomic mass is 9.63. The minimum atomic E-state index is -0.307. The van der Waals surface area contributed by atoms with Crippen molar-refractivity contribution in [1.29, 1.82) is 0 Å². The lowest BCUT2D eigenvalue weighted by molar-refractivity contribution is -0.143. The standard InChI is InChI=1S/C21H29N3O2/c1-16(19(25)22-18-8-9-18)23-12-14-24(15-13-23)20(26)21(10-5-11-21)17-6-3-2-4-7-17/h2-4,6-7,16,18H,5,8-15H2,1H3,(H,22,25). The van der Waals surface area contributed by atoms with Gasteiger partial charge in [0.2, 0.25) is 11.8 Å². The average Bonchev–Trinajstić information content (AvgIpc) is 3.45.